The highest BCUT2D eigenvalue weighted by Crippen LogP contribution is 2.34. The van der Waals surface area contributed by atoms with Gasteiger partial charge in [-0.25, -0.2) is 0 Å². The molecule has 0 saturated heterocycles. The van der Waals surface area contributed by atoms with Crippen LogP contribution in [0.4, 0.5) is 5.69 Å². The van der Waals surface area contributed by atoms with Gasteiger partial charge in [-0.2, -0.15) is 5.10 Å². The molecule has 3 aromatic rings. The molecule has 2 aromatic heterocycles. The first-order chi connectivity index (χ1) is 17.6. The third-order valence-electron chi connectivity index (χ3n) is 7.14. The van der Waals surface area contributed by atoms with Gasteiger partial charge in [-0.3, -0.25) is 14.3 Å². The maximum absolute atomic E-state index is 13.6. The van der Waals surface area contributed by atoms with Crippen molar-refractivity contribution < 1.29 is 14.0 Å². The molecule has 36 heavy (non-hydrogen) atoms. The van der Waals surface area contributed by atoms with Crippen LogP contribution in [0, 0.1) is 12.8 Å². The van der Waals surface area contributed by atoms with E-state index < -0.39 is 0 Å². The number of para-hydroxylation sites is 1. The number of hydrogen-bond acceptors (Lipinski definition) is 4. The van der Waals surface area contributed by atoms with Crippen LogP contribution >= 0.6 is 0 Å². The monoisotopic (exact) mass is 488 g/mol. The molecule has 3 heterocycles. The average Bonchev–Trinajstić information content (AvgIpc) is 3.49. The molecule has 2 amide bonds. The molecule has 1 aromatic carbocycles. The normalized spacial score (nSPS) is 17.6. The minimum atomic E-state index is -0.109. The van der Waals surface area contributed by atoms with E-state index in [1.54, 1.807) is 6.07 Å². The summed E-state index contributed by atoms with van der Waals surface area (Å²) in [5, 5.41) is 4.31. The molecule has 0 atom stereocenters. The highest BCUT2D eigenvalue weighted by Gasteiger charge is 2.34. The molecule has 7 nitrogen and oxygen atoms in total. The first-order valence-electron chi connectivity index (χ1n) is 13.3. The van der Waals surface area contributed by atoms with Crippen LogP contribution < -0.4 is 4.90 Å². The summed E-state index contributed by atoms with van der Waals surface area (Å²) in [7, 11) is 0. The molecule has 190 valence electrons. The van der Waals surface area contributed by atoms with Crippen LogP contribution in [0.3, 0.4) is 0 Å². The number of hydrogen-bond donors (Lipinski definition) is 0. The largest absolute Gasteiger partial charge is 0.454 e. The van der Waals surface area contributed by atoms with Crippen molar-refractivity contribution >= 4 is 17.5 Å². The highest BCUT2D eigenvalue weighted by molar-refractivity contribution is 5.97. The van der Waals surface area contributed by atoms with Crippen molar-refractivity contribution in [3.63, 3.8) is 0 Å². The lowest BCUT2D eigenvalue weighted by Gasteiger charge is -2.28. The van der Waals surface area contributed by atoms with E-state index in [0.29, 0.717) is 31.2 Å². The Labute approximate surface area is 213 Å². The number of anilines is 1. The van der Waals surface area contributed by atoms with E-state index in [9.17, 15) is 9.59 Å². The maximum Gasteiger partial charge on any atom is 0.289 e. The Kier molecular flexibility index (Phi) is 7.54. The zero-order valence-corrected chi connectivity index (χ0v) is 21.2. The van der Waals surface area contributed by atoms with Gasteiger partial charge in [-0.1, -0.05) is 43.9 Å². The van der Waals surface area contributed by atoms with Gasteiger partial charge in [0.15, 0.2) is 5.76 Å². The first kappa shape index (κ1) is 24.3. The number of nitrogens with zero attached hydrogens (tertiary/aromatic N) is 4. The van der Waals surface area contributed by atoms with Crippen molar-refractivity contribution in [2.45, 2.75) is 71.4 Å². The van der Waals surface area contributed by atoms with Gasteiger partial charge >= 0.3 is 0 Å². The van der Waals surface area contributed by atoms with E-state index in [0.717, 1.165) is 74.7 Å². The van der Waals surface area contributed by atoms with E-state index in [-0.39, 0.29) is 17.7 Å². The van der Waals surface area contributed by atoms with Gasteiger partial charge in [0.2, 0.25) is 5.91 Å². The number of fused-ring (bicyclic) bond motifs is 1. The standard InChI is InChI=1S/C29H36N4O3/c1-22-18-30-32(19-22)21-25-14-15-27(36-25)29(35)31-16-8-4-2-3-5-9-17-33(28(34)23-12-13-23)26-11-7-6-10-24(26)20-31/h6-7,10-11,14-15,18-19,23H,2-5,8-9,12-13,16-17,20-21H2,1H3. The van der Waals surface area contributed by atoms with E-state index >= 15 is 0 Å². The lowest BCUT2D eigenvalue weighted by molar-refractivity contribution is -0.119. The van der Waals surface area contributed by atoms with Crippen molar-refractivity contribution in [2.75, 3.05) is 18.0 Å². The van der Waals surface area contributed by atoms with Crippen LogP contribution in [0.15, 0.2) is 53.2 Å². The minimum Gasteiger partial charge on any atom is -0.454 e. The second-order valence-corrected chi connectivity index (χ2v) is 10.2. The lowest BCUT2D eigenvalue weighted by atomic mass is 10.1. The van der Waals surface area contributed by atoms with Gasteiger partial charge in [0.05, 0.1) is 12.7 Å². The molecule has 2 aliphatic rings. The fraction of sp³-hybridized carbons (Fsp3) is 0.483. The summed E-state index contributed by atoms with van der Waals surface area (Å²) in [6.07, 6.45) is 12.2. The first-order valence-corrected chi connectivity index (χ1v) is 13.3. The Hall–Kier alpha value is -3.35. The molecular formula is C29H36N4O3. The Morgan fingerprint density at radius 1 is 0.972 bits per heavy atom. The second kappa shape index (κ2) is 11.1. The van der Waals surface area contributed by atoms with Gasteiger partial charge in [-0.05, 0) is 61.9 Å². The quantitative estimate of drug-likeness (QED) is 0.481. The van der Waals surface area contributed by atoms with Crippen LogP contribution in [0.5, 0.6) is 0 Å². The summed E-state index contributed by atoms with van der Waals surface area (Å²) >= 11 is 0. The van der Waals surface area contributed by atoms with Crippen LogP contribution in [0.2, 0.25) is 0 Å². The molecule has 0 radical (unpaired) electrons. The molecular weight excluding hydrogens is 452 g/mol. The molecule has 0 bridgehead atoms. The van der Waals surface area contributed by atoms with Gasteiger partial charge in [0, 0.05) is 37.4 Å². The smallest absolute Gasteiger partial charge is 0.289 e. The van der Waals surface area contributed by atoms with Crippen molar-refractivity contribution in [1.29, 1.82) is 0 Å². The Morgan fingerprint density at radius 2 is 1.72 bits per heavy atom. The Balaban J connectivity index is 1.39. The SMILES string of the molecule is Cc1cnn(Cc2ccc(C(=O)N3CCCCCCCCN(C(=O)C4CC4)c4ccccc4C3)o2)c1. The summed E-state index contributed by atoms with van der Waals surface area (Å²) in [6, 6.07) is 11.7. The number of benzene rings is 1. The number of carbonyl (C=O) groups is 2. The summed E-state index contributed by atoms with van der Waals surface area (Å²) < 4.78 is 7.78. The van der Waals surface area contributed by atoms with Gasteiger partial charge in [-0.15, -0.1) is 0 Å². The van der Waals surface area contributed by atoms with Gasteiger partial charge in [0.25, 0.3) is 5.91 Å². The summed E-state index contributed by atoms with van der Waals surface area (Å²) in [5.41, 5.74) is 3.04. The van der Waals surface area contributed by atoms with E-state index in [4.69, 9.17) is 4.42 Å². The minimum absolute atomic E-state index is 0.109. The van der Waals surface area contributed by atoms with Crippen LogP contribution in [-0.4, -0.2) is 39.6 Å². The lowest BCUT2D eigenvalue weighted by Crippen LogP contribution is -2.36. The molecule has 0 N–H and O–H groups in total. The van der Waals surface area contributed by atoms with E-state index in [1.165, 1.54) is 0 Å². The summed E-state index contributed by atoms with van der Waals surface area (Å²) in [6.45, 7) is 4.35. The number of aryl methyl sites for hydroxylation is 1. The molecule has 5 rings (SSSR count). The van der Waals surface area contributed by atoms with Gasteiger partial charge < -0.3 is 14.2 Å². The Bertz CT molecular complexity index is 1190. The maximum atomic E-state index is 13.6. The predicted molar refractivity (Wildman–Crippen MR) is 139 cm³/mol. The van der Waals surface area contributed by atoms with Crippen LogP contribution in [0.1, 0.15) is 78.8 Å². The third-order valence-corrected chi connectivity index (χ3v) is 7.14. The number of furan rings is 1. The summed E-state index contributed by atoms with van der Waals surface area (Å²) in [5.74, 6) is 1.34. The molecule has 1 saturated carbocycles. The number of amides is 2. The van der Waals surface area contributed by atoms with Crippen LogP contribution in [-0.2, 0) is 17.9 Å². The molecule has 0 spiro atoms. The van der Waals surface area contributed by atoms with Crippen LogP contribution in [0.25, 0.3) is 0 Å². The Morgan fingerprint density at radius 3 is 2.47 bits per heavy atom. The van der Waals surface area contributed by atoms with Crippen molar-refractivity contribution in [3.8, 4) is 0 Å². The van der Waals surface area contributed by atoms with Crippen molar-refractivity contribution in [2.24, 2.45) is 5.92 Å². The van der Waals surface area contributed by atoms with Crippen molar-refractivity contribution in [3.05, 3.63) is 71.4 Å². The number of aromatic nitrogens is 2. The zero-order chi connectivity index (χ0) is 24.9. The fourth-order valence-corrected chi connectivity index (χ4v) is 4.99. The zero-order valence-electron chi connectivity index (χ0n) is 21.2. The van der Waals surface area contributed by atoms with Gasteiger partial charge in [0.1, 0.15) is 5.76 Å². The summed E-state index contributed by atoms with van der Waals surface area (Å²) in [4.78, 5) is 30.7. The number of carbonyl (C=O) groups excluding carboxylic acids is 2. The molecule has 7 heteroatoms. The topological polar surface area (TPSA) is 71.6 Å². The molecule has 0 unspecified atom stereocenters. The average molecular weight is 489 g/mol. The van der Waals surface area contributed by atoms with E-state index in [1.807, 2.05) is 58.1 Å². The fourth-order valence-electron chi connectivity index (χ4n) is 4.99. The number of rotatable bonds is 4. The molecule has 1 aliphatic heterocycles. The third kappa shape index (κ3) is 5.89. The molecule has 1 fully saturated rings. The highest BCUT2D eigenvalue weighted by atomic mass is 16.4. The van der Waals surface area contributed by atoms with Crippen molar-refractivity contribution in [1.82, 2.24) is 14.7 Å². The predicted octanol–water partition coefficient (Wildman–Crippen LogP) is 5.57. The second-order valence-electron chi connectivity index (χ2n) is 10.2. The van der Waals surface area contributed by atoms with E-state index in [2.05, 4.69) is 11.2 Å². The molecule has 1 aliphatic carbocycles.